The zero-order valence-electron chi connectivity index (χ0n) is 15.9. The second-order valence-corrected chi connectivity index (χ2v) is 6.18. The van der Waals surface area contributed by atoms with Crippen molar-refractivity contribution in [2.24, 2.45) is 5.10 Å². The van der Waals surface area contributed by atoms with Crippen LogP contribution in [0.5, 0.6) is 11.5 Å². The first-order chi connectivity index (χ1) is 13.5. The SMILES string of the molecule is CCOc1c(Cl)cc(/C=N\NC(=O)C(=O)N[C@@H](C)c2ccccc2)cc1OC. The Hall–Kier alpha value is -3.06. The molecule has 0 aromatic heterocycles. The molecule has 148 valence electrons. The third-order valence-electron chi connectivity index (χ3n) is 3.77. The van der Waals surface area contributed by atoms with Crippen molar-refractivity contribution in [3.8, 4) is 11.5 Å². The van der Waals surface area contributed by atoms with Gasteiger partial charge in [-0.25, -0.2) is 5.43 Å². The number of carbonyl (C=O) groups excluding carboxylic acids is 2. The molecule has 0 saturated carbocycles. The van der Waals surface area contributed by atoms with Crippen LogP contribution in [0.25, 0.3) is 0 Å². The van der Waals surface area contributed by atoms with Crippen LogP contribution in [0.2, 0.25) is 5.02 Å². The van der Waals surface area contributed by atoms with Gasteiger partial charge in [-0.05, 0) is 37.1 Å². The maximum absolute atomic E-state index is 12.0. The molecule has 0 bridgehead atoms. The summed E-state index contributed by atoms with van der Waals surface area (Å²) in [6, 6.07) is 12.3. The first-order valence-corrected chi connectivity index (χ1v) is 9.03. The smallest absolute Gasteiger partial charge is 0.329 e. The molecular weight excluding hydrogens is 382 g/mol. The van der Waals surface area contributed by atoms with Gasteiger partial charge in [0.1, 0.15) is 0 Å². The van der Waals surface area contributed by atoms with E-state index in [1.807, 2.05) is 37.3 Å². The molecular formula is C20H22ClN3O4. The molecule has 2 aromatic carbocycles. The highest BCUT2D eigenvalue weighted by Gasteiger charge is 2.16. The Bertz CT molecular complexity index is 856. The number of carbonyl (C=O) groups is 2. The summed E-state index contributed by atoms with van der Waals surface area (Å²) in [5, 5.41) is 6.76. The van der Waals surface area contributed by atoms with E-state index in [1.54, 1.807) is 19.1 Å². The molecule has 0 heterocycles. The van der Waals surface area contributed by atoms with Gasteiger partial charge in [-0.2, -0.15) is 5.10 Å². The van der Waals surface area contributed by atoms with Crippen molar-refractivity contribution in [1.82, 2.24) is 10.7 Å². The summed E-state index contributed by atoms with van der Waals surface area (Å²) in [6.07, 6.45) is 1.36. The number of ether oxygens (including phenoxy) is 2. The summed E-state index contributed by atoms with van der Waals surface area (Å²) in [6.45, 7) is 4.07. The van der Waals surface area contributed by atoms with Gasteiger partial charge in [0.2, 0.25) is 0 Å². The Kier molecular flexibility index (Phi) is 7.83. The molecule has 0 unspecified atom stereocenters. The fourth-order valence-corrected chi connectivity index (χ4v) is 2.68. The quantitative estimate of drug-likeness (QED) is 0.422. The van der Waals surface area contributed by atoms with Gasteiger partial charge in [-0.15, -0.1) is 0 Å². The molecule has 0 radical (unpaired) electrons. The Morgan fingerprint density at radius 3 is 2.57 bits per heavy atom. The Morgan fingerprint density at radius 1 is 1.21 bits per heavy atom. The van der Waals surface area contributed by atoms with E-state index in [-0.39, 0.29) is 6.04 Å². The highest BCUT2D eigenvalue weighted by molar-refractivity contribution is 6.35. The number of nitrogens with zero attached hydrogens (tertiary/aromatic N) is 1. The van der Waals surface area contributed by atoms with Crippen LogP contribution in [0.1, 0.15) is 31.0 Å². The fraction of sp³-hybridized carbons (Fsp3) is 0.250. The Morgan fingerprint density at radius 2 is 1.93 bits per heavy atom. The van der Waals surface area contributed by atoms with E-state index >= 15 is 0 Å². The van der Waals surface area contributed by atoms with E-state index in [4.69, 9.17) is 21.1 Å². The van der Waals surface area contributed by atoms with Gasteiger partial charge in [0.25, 0.3) is 0 Å². The molecule has 2 N–H and O–H groups in total. The molecule has 0 saturated heterocycles. The number of amides is 2. The molecule has 0 aliphatic rings. The van der Waals surface area contributed by atoms with Crippen molar-refractivity contribution in [1.29, 1.82) is 0 Å². The number of rotatable bonds is 7. The number of methoxy groups -OCH3 is 1. The normalized spacial score (nSPS) is 11.7. The number of benzene rings is 2. The van der Waals surface area contributed by atoms with E-state index in [2.05, 4.69) is 15.8 Å². The first kappa shape index (κ1) is 21.2. The van der Waals surface area contributed by atoms with E-state index in [0.717, 1.165) is 5.56 Å². The van der Waals surface area contributed by atoms with Gasteiger partial charge in [-0.1, -0.05) is 41.9 Å². The molecule has 0 spiro atoms. The third kappa shape index (κ3) is 5.72. The highest BCUT2D eigenvalue weighted by atomic mass is 35.5. The molecule has 2 aromatic rings. The summed E-state index contributed by atoms with van der Waals surface area (Å²) < 4.78 is 10.7. The van der Waals surface area contributed by atoms with Crippen molar-refractivity contribution in [3.63, 3.8) is 0 Å². The summed E-state index contributed by atoms with van der Waals surface area (Å²) in [4.78, 5) is 23.9. The second kappa shape index (κ2) is 10.3. The van der Waals surface area contributed by atoms with E-state index in [9.17, 15) is 9.59 Å². The summed E-state index contributed by atoms with van der Waals surface area (Å²) in [5.74, 6) is -0.780. The molecule has 2 amide bonds. The van der Waals surface area contributed by atoms with Crippen molar-refractivity contribution in [3.05, 3.63) is 58.6 Å². The largest absolute Gasteiger partial charge is 0.493 e. The molecule has 1 atom stereocenters. The first-order valence-electron chi connectivity index (χ1n) is 8.65. The summed E-state index contributed by atoms with van der Waals surface area (Å²) in [5.41, 5.74) is 3.65. The van der Waals surface area contributed by atoms with Crippen molar-refractivity contribution >= 4 is 29.6 Å². The lowest BCUT2D eigenvalue weighted by Crippen LogP contribution is -2.39. The number of hydrogen-bond acceptors (Lipinski definition) is 5. The lowest BCUT2D eigenvalue weighted by atomic mass is 10.1. The molecule has 8 heteroatoms. The predicted molar refractivity (Wildman–Crippen MR) is 108 cm³/mol. The van der Waals surface area contributed by atoms with Crippen LogP contribution in [-0.4, -0.2) is 31.7 Å². The maximum Gasteiger partial charge on any atom is 0.329 e. The molecule has 0 fully saturated rings. The number of hydrogen-bond donors (Lipinski definition) is 2. The number of nitrogens with one attached hydrogen (secondary N) is 2. The minimum atomic E-state index is -0.872. The molecule has 0 aliphatic heterocycles. The zero-order valence-corrected chi connectivity index (χ0v) is 16.6. The molecule has 7 nitrogen and oxygen atoms in total. The highest BCUT2D eigenvalue weighted by Crippen LogP contribution is 2.35. The number of halogens is 1. The minimum absolute atomic E-state index is 0.308. The van der Waals surface area contributed by atoms with Crippen molar-refractivity contribution < 1.29 is 19.1 Å². The van der Waals surface area contributed by atoms with Gasteiger partial charge in [0.05, 0.1) is 31.0 Å². The molecule has 2 rings (SSSR count). The van der Waals surface area contributed by atoms with E-state index in [0.29, 0.717) is 28.7 Å². The second-order valence-electron chi connectivity index (χ2n) is 5.77. The van der Waals surface area contributed by atoms with Gasteiger partial charge < -0.3 is 14.8 Å². The summed E-state index contributed by atoms with van der Waals surface area (Å²) in [7, 11) is 1.50. The monoisotopic (exact) mass is 403 g/mol. The average Bonchev–Trinajstić information content (AvgIpc) is 2.70. The van der Waals surface area contributed by atoms with Gasteiger partial charge in [-0.3, -0.25) is 9.59 Å². The van der Waals surface area contributed by atoms with Gasteiger partial charge in [0, 0.05) is 0 Å². The lowest BCUT2D eigenvalue weighted by molar-refractivity contribution is -0.139. The third-order valence-corrected chi connectivity index (χ3v) is 4.05. The van der Waals surface area contributed by atoms with E-state index in [1.165, 1.54) is 13.3 Å². The van der Waals surface area contributed by atoms with Crippen LogP contribution < -0.4 is 20.2 Å². The van der Waals surface area contributed by atoms with Gasteiger partial charge >= 0.3 is 11.8 Å². The van der Waals surface area contributed by atoms with Crippen LogP contribution in [-0.2, 0) is 9.59 Å². The van der Waals surface area contributed by atoms with Crippen LogP contribution in [0.4, 0.5) is 0 Å². The van der Waals surface area contributed by atoms with Crippen molar-refractivity contribution in [2.75, 3.05) is 13.7 Å². The van der Waals surface area contributed by atoms with Crippen LogP contribution in [0, 0.1) is 0 Å². The molecule has 28 heavy (non-hydrogen) atoms. The Balaban J connectivity index is 1.97. The van der Waals surface area contributed by atoms with E-state index < -0.39 is 11.8 Å². The minimum Gasteiger partial charge on any atom is -0.493 e. The van der Waals surface area contributed by atoms with Crippen LogP contribution in [0.3, 0.4) is 0 Å². The van der Waals surface area contributed by atoms with Gasteiger partial charge in [0.15, 0.2) is 11.5 Å². The lowest BCUT2D eigenvalue weighted by Gasteiger charge is -2.13. The predicted octanol–water partition coefficient (Wildman–Crippen LogP) is 3.07. The van der Waals surface area contributed by atoms with Crippen molar-refractivity contribution in [2.45, 2.75) is 19.9 Å². The topological polar surface area (TPSA) is 89.0 Å². The Labute approximate surface area is 168 Å². The number of hydrazone groups is 1. The average molecular weight is 404 g/mol. The summed E-state index contributed by atoms with van der Waals surface area (Å²) >= 11 is 6.18. The maximum atomic E-state index is 12.0. The standard InChI is InChI=1S/C20H22ClN3O4/c1-4-28-18-16(21)10-14(11-17(18)27-3)12-22-24-20(26)19(25)23-13(2)15-8-6-5-7-9-15/h5-13H,4H2,1-3H3,(H,23,25)(H,24,26)/b22-12-/t13-/m0/s1. The van der Waals surface area contributed by atoms with Crippen LogP contribution in [0.15, 0.2) is 47.6 Å². The zero-order chi connectivity index (χ0) is 20.5. The van der Waals surface area contributed by atoms with Crippen LogP contribution >= 0.6 is 11.6 Å². The fourth-order valence-electron chi connectivity index (χ4n) is 2.40. The molecule has 0 aliphatic carbocycles.